The number of fused-ring (bicyclic) bond motifs is 3. The largest absolute Gasteiger partial charge is 0.449 e. The molecule has 0 radical (unpaired) electrons. The van der Waals surface area contributed by atoms with Gasteiger partial charge in [-0.25, -0.2) is 4.98 Å². The summed E-state index contributed by atoms with van der Waals surface area (Å²) in [6.45, 7) is 4.07. The maximum absolute atomic E-state index is 6.11. The molecule has 4 aromatic rings. The van der Waals surface area contributed by atoms with Crippen LogP contribution in [0.3, 0.4) is 0 Å². The summed E-state index contributed by atoms with van der Waals surface area (Å²) < 4.78 is 7.59. The lowest BCUT2D eigenvalue weighted by atomic mass is 10.0. The summed E-state index contributed by atoms with van der Waals surface area (Å²) in [5.74, 6) is 2.25. The molecule has 0 N–H and O–H groups in total. The number of nitrogens with zero attached hydrogens (tertiary/aromatic N) is 5. The molecule has 28 heavy (non-hydrogen) atoms. The highest BCUT2D eigenvalue weighted by Gasteiger charge is 2.31. The van der Waals surface area contributed by atoms with E-state index in [4.69, 9.17) is 21.0 Å². The molecule has 8 heteroatoms. The lowest BCUT2D eigenvalue weighted by Crippen LogP contribution is -2.09. The van der Waals surface area contributed by atoms with Crippen LogP contribution in [0.1, 0.15) is 40.3 Å². The maximum atomic E-state index is 6.11. The third-order valence-corrected chi connectivity index (χ3v) is 6.13. The van der Waals surface area contributed by atoms with Gasteiger partial charge in [0.1, 0.15) is 23.1 Å². The standard InChI is InChI=1S/C20H16ClN5OS/c1-11-10-28-20-17(11)18(13-3-5-14(21)6-4-13)23-15(9-16-22-7-8-27-16)19-25-24-12(2)26(19)20/h3-8,10,15H,9H2,1-2H3/t15-/m0/s1. The topological polar surface area (TPSA) is 69.1 Å². The fourth-order valence-corrected chi connectivity index (χ4v) is 4.73. The van der Waals surface area contributed by atoms with E-state index in [1.165, 1.54) is 5.56 Å². The molecule has 1 aromatic carbocycles. The van der Waals surface area contributed by atoms with Gasteiger partial charge >= 0.3 is 0 Å². The highest BCUT2D eigenvalue weighted by molar-refractivity contribution is 7.13. The Morgan fingerprint density at radius 3 is 2.75 bits per heavy atom. The molecule has 5 rings (SSSR count). The summed E-state index contributed by atoms with van der Waals surface area (Å²) >= 11 is 7.79. The minimum atomic E-state index is -0.260. The number of halogens is 1. The second-order valence-electron chi connectivity index (χ2n) is 6.67. The molecule has 0 fully saturated rings. The summed E-state index contributed by atoms with van der Waals surface area (Å²) in [7, 11) is 0. The van der Waals surface area contributed by atoms with E-state index in [1.54, 1.807) is 23.8 Å². The van der Waals surface area contributed by atoms with Gasteiger partial charge in [-0.2, -0.15) is 0 Å². The van der Waals surface area contributed by atoms with Crippen LogP contribution < -0.4 is 0 Å². The Morgan fingerprint density at radius 2 is 2.00 bits per heavy atom. The normalized spacial score (nSPS) is 15.7. The molecule has 0 bridgehead atoms. The number of hydrogen-bond donors (Lipinski definition) is 0. The quantitative estimate of drug-likeness (QED) is 0.490. The van der Waals surface area contributed by atoms with E-state index in [2.05, 4.69) is 32.1 Å². The second kappa shape index (κ2) is 6.68. The molecule has 6 nitrogen and oxygen atoms in total. The second-order valence-corrected chi connectivity index (χ2v) is 7.96. The van der Waals surface area contributed by atoms with Crippen LogP contribution >= 0.6 is 22.9 Å². The lowest BCUT2D eigenvalue weighted by Gasteiger charge is -2.11. The van der Waals surface area contributed by atoms with Gasteiger partial charge in [0.15, 0.2) is 11.7 Å². The van der Waals surface area contributed by atoms with Crippen LogP contribution in [0.5, 0.6) is 0 Å². The van der Waals surface area contributed by atoms with Crippen molar-refractivity contribution < 1.29 is 4.42 Å². The molecule has 0 saturated carbocycles. The average molecular weight is 410 g/mol. The van der Waals surface area contributed by atoms with Crippen LogP contribution in [-0.2, 0) is 6.42 Å². The Kier molecular flexibility index (Phi) is 4.14. The van der Waals surface area contributed by atoms with Crippen molar-refractivity contribution in [2.24, 2.45) is 4.99 Å². The van der Waals surface area contributed by atoms with E-state index in [0.717, 1.165) is 33.5 Å². The van der Waals surface area contributed by atoms with E-state index in [-0.39, 0.29) is 6.04 Å². The number of hydrogen-bond acceptors (Lipinski definition) is 6. The number of oxazole rings is 1. The summed E-state index contributed by atoms with van der Waals surface area (Å²) in [5, 5.41) is 12.7. The van der Waals surface area contributed by atoms with Gasteiger partial charge in [0.05, 0.1) is 18.3 Å². The molecule has 1 aliphatic rings. The number of aliphatic imine (C=N–C) groups is 1. The fourth-order valence-electron chi connectivity index (χ4n) is 3.49. The third kappa shape index (κ3) is 2.78. The molecule has 1 atom stereocenters. The van der Waals surface area contributed by atoms with Crippen molar-refractivity contribution in [2.75, 3.05) is 0 Å². The minimum Gasteiger partial charge on any atom is -0.449 e. The summed E-state index contributed by atoms with van der Waals surface area (Å²) in [4.78, 5) is 9.41. The smallest absolute Gasteiger partial charge is 0.196 e. The zero-order valence-corrected chi connectivity index (χ0v) is 16.8. The fraction of sp³-hybridized carbons (Fsp3) is 0.200. The van der Waals surface area contributed by atoms with Crippen LogP contribution in [0.25, 0.3) is 5.00 Å². The molecule has 0 aliphatic carbocycles. The number of aromatic nitrogens is 4. The SMILES string of the molecule is Cc1csc2c1C(c1ccc(Cl)cc1)=N[C@@H](Cc1ncco1)c1nnc(C)n1-2. The van der Waals surface area contributed by atoms with Crippen molar-refractivity contribution in [1.82, 2.24) is 19.7 Å². The van der Waals surface area contributed by atoms with Crippen molar-refractivity contribution in [2.45, 2.75) is 26.3 Å². The molecule has 0 saturated heterocycles. The van der Waals surface area contributed by atoms with E-state index in [1.807, 2.05) is 31.2 Å². The Hall–Kier alpha value is -2.77. The van der Waals surface area contributed by atoms with Gasteiger partial charge in [0.25, 0.3) is 0 Å². The Labute approximate surface area is 170 Å². The van der Waals surface area contributed by atoms with E-state index < -0.39 is 0 Å². The minimum absolute atomic E-state index is 0.260. The average Bonchev–Trinajstić information content (AvgIpc) is 3.39. The van der Waals surface area contributed by atoms with Gasteiger partial charge < -0.3 is 4.42 Å². The van der Waals surface area contributed by atoms with Crippen molar-refractivity contribution >= 4 is 28.6 Å². The van der Waals surface area contributed by atoms with Crippen LogP contribution in [-0.4, -0.2) is 25.5 Å². The summed E-state index contributed by atoms with van der Waals surface area (Å²) in [6, 6.07) is 7.53. The van der Waals surface area contributed by atoms with Crippen LogP contribution in [0.15, 0.2) is 51.5 Å². The van der Waals surface area contributed by atoms with E-state index >= 15 is 0 Å². The lowest BCUT2D eigenvalue weighted by molar-refractivity contribution is 0.467. The van der Waals surface area contributed by atoms with Crippen LogP contribution in [0.4, 0.5) is 0 Å². The van der Waals surface area contributed by atoms with Gasteiger partial charge in [0, 0.05) is 16.1 Å². The highest BCUT2D eigenvalue weighted by Crippen LogP contribution is 2.37. The first-order chi connectivity index (χ1) is 13.6. The highest BCUT2D eigenvalue weighted by atomic mass is 35.5. The van der Waals surface area contributed by atoms with Gasteiger partial charge in [-0.1, -0.05) is 23.7 Å². The van der Waals surface area contributed by atoms with Gasteiger partial charge in [-0.05, 0) is 36.9 Å². The number of aryl methyl sites for hydroxylation is 2. The molecular weight excluding hydrogens is 394 g/mol. The molecule has 0 unspecified atom stereocenters. The molecule has 140 valence electrons. The zero-order chi connectivity index (χ0) is 19.3. The van der Waals surface area contributed by atoms with Crippen molar-refractivity contribution in [1.29, 1.82) is 0 Å². The molecule has 3 aromatic heterocycles. The first-order valence-electron chi connectivity index (χ1n) is 8.84. The maximum Gasteiger partial charge on any atom is 0.196 e. The van der Waals surface area contributed by atoms with Gasteiger partial charge in [-0.3, -0.25) is 9.56 Å². The van der Waals surface area contributed by atoms with Gasteiger partial charge in [0.2, 0.25) is 0 Å². The summed E-state index contributed by atoms with van der Waals surface area (Å²) in [5.41, 5.74) is 4.21. The molecule has 1 aliphatic heterocycles. The Bertz CT molecular complexity index is 1170. The first kappa shape index (κ1) is 17.3. The van der Waals surface area contributed by atoms with Crippen molar-refractivity contribution in [3.63, 3.8) is 0 Å². The Balaban J connectivity index is 1.75. The molecular formula is C20H16ClN5OS. The molecule has 0 amide bonds. The van der Waals surface area contributed by atoms with Crippen LogP contribution in [0.2, 0.25) is 5.02 Å². The summed E-state index contributed by atoms with van der Waals surface area (Å²) in [6.07, 6.45) is 3.73. The van der Waals surface area contributed by atoms with E-state index in [9.17, 15) is 0 Å². The Morgan fingerprint density at radius 1 is 1.18 bits per heavy atom. The molecule has 0 spiro atoms. The van der Waals surface area contributed by atoms with Gasteiger partial charge in [-0.15, -0.1) is 21.5 Å². The van der Waals surface area contributed by atoms with E-state index in [0.29, 0.717) is 17.3 Å². The predicted octanol–water partition coefficient (Wildman–Crippen LogP) is 4.72. The number of rotatable bonds is 3. The zero-order valence-electron chi connectivity index (χ0n) is 15.3. The third-order valence-electron chi connectivity index (χ3n) is 4.80. The molecule has 4 heterocycles. The predicted molar refractivity (Wildman–Crippen MR) is 109 cm³/mol. The van der Waals surface area contributed by atoms with Crippen molar-refractivity contribution in [3.05, 3.63) is 81.4 Å². The number of thiophene rings is 1. The number of benzene rings is 1. The first-order valence-corrected chi connectivity index (χ1v) is 10.1. The van der Waals surface area contributed by atoms with Crippen LogP contribution in [0, 0.1) is 13.8 Å². The van der Waals surface area contributed by atoms with Crippen molar-refractivity contribution in [3.8, 4) is 5.00 Å². The monoisotopic (exact) mass is 409 g/mol.